The van der Waals surface area contributed by atoms with Gasteiger partial charge in [0.15, 0.2) is 12.5 Å². The van der Waals surface area contributed by atoms with Crippen molar-refractivity contribution in [3.05, 3.63) is 101 Å². The first-order chi connectivity index (χ1) is 18.8. The molecule has 0 saturated carbocycles. The van der Waals surface area contributed by atoms with E-state index in [1.165, 1.54) is 34.9 Å². The van der Waals surface area contributed by atoms with Crippen LogP contribution >= 0.6 is 0 Å². The summed E-state index contributed by atoms with van der Waals surface area (Å²) < 4.78 is 89.7. The molecule has 5 rings (SSSR count). The molecule has 0 N–H and O–H groups in total. The van der Waals surface area contributed by atoms with Crippen LogP contribution < -0.4 is 5.01 Å². The van der Waals surface area contributed by atoms with Crippen molar-refractivity contribution in [3.63, 3.8) is 0 Å². The molecule has 0 bridgehead atoms. The first kappa shape index (κ1) is 26.0. The minimum atomic E-state index is -1.19. The SMILES string of the molecule is Fc1cc(F)c(CN(CC#CN(c2ccco2)[N+]23C=CN=CC2=NC=N3)Cc2c(F)cc(F)cc2F)c(F)c1. The molecule has 1 atom stereocenters. The third-order valence-electron chi connectivity index (χ3n) is 5.79. The second kappa shape index (κ2) is 10.6. The number of benzene rings is 2. The van der Waals surface area contributed by atoms with E-state index in [0.717, 1.165) is 0 Å². The number of halogens is 6. The maximum absolute atomic E-state index is 14.4. The summed E-state index contributed by atoms with van der Waals surface area (Å²) in [4.78, 5) is 9.42. The predicted molar refractivity (Wildman–Crippen MR) is 130 cm³/mol. The predicted octanol–water partition coefficient (Wildman–Crippen LogP) is 5.23. The third-order valence-corrected chi connectivity index (χ3v) is 5.79. The Labute approximate surface area is 217 Å². The van der Waals surface area contributed by atoms with Gasteiger partial charge in [-0.15, -0.1) is 0 Å². The van der Waals surface area contributed by atoms with Crippen LogP contribution in [0.2, 0.25) is 0 Å². The van der Waals surface area contributed by atoms with Gasteiger partial charge in [0.25, 0.3) is 5.88 Å². The smallest absolute Gasteiger partial charge is 0.306 e. The normalized spacial score (nSPS) is 17.3. The van der Waals surface area contributed by atoms with Crippen molar-refractivity contribution in [3.8, 4) is 12.0 Å². The van der Waals surface area contributed by atoms with Gasteiger partial charge in [0.1, 0.15) is 41.1 Å². The Bertz CT molecular complexity index is 1480. The van der Waals surface area contributed by atoms with Gasteiger partial charge in [0.2, 0.25) is 0 Å². The molecule has 0 spiro atoms. The van der Waals surface area contributed by atoms with Gasteiger partial charge in [-0.1, -0.05) is 10.9 Å². The summed E-state index contributed by atoms with van der Waals surface area (Å²) >= 11 is 0. The van der Waals surface area contributed by atoms with Crippen LogP contribution in [0, 0.1) is 46.9 Å². The van der Waals surface area contributed by atoms with E-state index >= 15 is 0 Å². The molecule has 3 heterocycles. The average Bonchev–Trinajstić information content (AvgIpc) is 3.56. The van der Waals surface area contributed by atoms with Crippen LogP contribution in [-0.2, 0) is 13.1 Å². The highest BCUT2D eigenvalue weighted by Crippen LogP contribution is 2.28. The maximum atomic E-state index is 14.4. The summed E-state index contributed by atoms with van der Waals surface area (Å²) in [5, 5.41) is 5.74. The standard InChI is InChI=1S/C26H17F6N6O/c27-17-9-21(29)19(22(30)10-17)14-36(15-20-23(31)11-18(28)12-24(20)32)5-2-6-37(26-3-1-8-39-26)38-7-4-33-13-25(38)34-16-35-38/h1,3-4,7-13,16H,5,14-15H2/q+1. The summed E-state index contributed by atoms with van der Waals surface area (Å²) in [5.74, 6) is -3.57. The lowest BCUT2D eigenvalue weighted by Crippen LogP contribution is -2.54. The number of rotatable bonds is 7. The number of furan rings is 1. The topological polar surface area (TPSA) is 56.7 Å². The fraction of sp³-hybridized carbons (Fsp3) is 0.115. The van der Waals surface area contributed by atoms with Gasteiger partial charge < -0.3 is 4.42 Å². The molecule has 2 aromatic carbocycles. The lowest BCUT2D eigenvalue weighted by atomic mass is 10.1. The van der Waals surface area contributed by atoms with E-state index in [9.17, 15) is 26.3 Å². The molecule has 198 valence electrons. The van der Waals surface area contributed by atoms with E-state index in [1.54, 1.807) is 18.3 Å². The highest BCUT2D eigenvalue weighted by molar-refractivity contribution is 6.29. The Morgan fingerprint density at radius 1 is 0.872 bits per heavy atom. The van der Waals surface area contributed by atoms with Crippen LogP contribution in [0.25, 0.3) is 0 Å². The van der Waals surface area contributed by atoms with Gasteiger partial charge in [-0.05, 0) is 15.9 Å². The molecule has 13 heteroatoms. The highest BCUT2D eigenvalue weighted by atomic mass is 19.2. The summed E-state index contributed by atoms with van der Waals surface area (Å²) in [6.07, 6.45) is 7.24. The highest BCUT2D eigenvalue weighted by Gasteiger charge is 2.45. The van der Waals surface area contributed by atoms with Crippen molar-refractivity contribution < 1.29 is 35.5 Å². The van der Waals surface area contributed by atoms with Gasteiger partial charge in [0, 0.05) is 54.5 Å². The molecule has 3 aromatic rings. The van der Waals surface area contributed by atoms with E-state index in [2.05, 4.69) is 27.1 Å². The number of quaternary nitrogens is 1. The van der Waals surface area contributed by atoms with Gasteiger partial charge in [0.05, 0.1) is 25.1 Å². The van der Waals surface area contributed by atoms with Crippen molar-refractivity contribution in [1.82, 2.24) is 4.90 Å². The van der Waals surface area contributed by atoms with Crippen molar-refractivity contribution in [2.24, 2.45) is 15.1 Å². The molecule has 0 saturated heterocycles. The fourth-order valence-electron chi connectivity index (χ4n) is 3.96. The van der Waals surface area contributed by atoms with Gasteiger partial charge in [-0.2, -0.15) is 4.99 Å². The molecule has 0 aliphatic carbocycles. The van der Waals surface area contributed by atoms with Gasteiger partial charge in [-0.25, -0.2) is 26.3 Å². The van der Waals surface area contributed by atoms with Crippen molar-refractivity contribution >= 4 is 24.3 Å². The minimum Gasteiger partial charge on any atom is -0.444 e. The van der Waals surface area contributed by atoms with E-state index in [0.29, 0.717) is 30.1 Å². The van der Waals surface area contributed by atoms with Crippen LogP contribution in [0.4, 0.5) is 32.2 Å². The van der Waals surface area contributed by atoms with Crippen molar-refractivity contribution in [1.29, 1.82) is 0 Å². The zero-order chi connectivity index (χ0) is 27.6. The second-order valence-corrected chi connectivity index (χ2v) is 8.34. The summed E-state index contributed by atoms with van der Waals surface area (Å²) in [6.45, 7) is -1.38. The summed E-state index contributed by atoms with van der Waals surface area (Å²) in [5.41, 5.74) is -1.08. The third kappa shape index (κ3) is 5.20. The largest absolute Gasteiger partial charge is 0.444 e. The molecule has 7 nitrogen and oxygen atoms in total. The fourth-order valence-corrected chi connectivity index (χ4v) is 3.96. The Hall–Kier alpha value is -4.67. The molecular weight excluding hydrogens is 526 g/mol. The van der Waals surface area contributed by atoms with Gasteiger partial charge >= 0.3 is 5.84 Å². The number of aliphatic imine (C=N–C) groups is 2. The Balaban J connectivity index is 1.49. The Kier molecular flexibility index (Phi) is 7.05. The van der Waals surface area contributed by atoms with Crippen molar-refractivity contribution in [2.45, 2.75) is 13.1 Å². The Morgan fingerprint density at radius 2 is 1.49 bits per heavy atom. The molecule has 2 aliphatic rings. The first-order valence-corrected chi connectivity index (χ1v) is 11.3. The van der Waals surface area contributed by atoms with E-state index in [1.807, 2.05) is 0 Å². The number of amidine groups is 1. The maximum Gasteiger partial charge on any atom is 0.306 e. The molecule has 0 fully saturated rings. The lowest BCUT2D eigenvalue weighted by Gasteiger charge is -2.30. The number of nitrogens with zero attached hydrogens (tertiary/aromatic N) is 6. The van der Waals surface area contributed by atoms with Crippen LogP contribution in [0.5, 0.6) is 0 Å². The number of fused-ring (bicyclic) bond motifs is 1. The monoisotopic (exact) mass is 543 g/mol. The molecule has 1 aromatic heterocycles. The summed E-state index contributed by atoms with van der Waals surface area (Å²) in [7, 11) is 0. The van der Waals surface area contributed by atoms with E-state index in [-0.39, 0.29) is 17.1 Å². The lowest BCUT2D eigenvalue weighted by molar-refractivity contribution is -0.794. The van der Waals surface area contributed by atoms with Crippen LogP contribution in [-0.4, -0.2) is 34.5 Å². The van der Waals surface area contributed by atoms with Crippen LogP contribution in [0.1, 0.15) is 11.1 Å². The molecule has 2 aliphatic heterocycles. The molecule has 1 unspecified atom stereocenters. The van der Waals surface area contributed by atoms with E-state index in [4.69, 9.17) is 4.42 Å². The minimum absolute atomic E-state index is 0.256. The van der Waals surface area contributed by atoms with Crippen LogP contribution in [0.15, 0.2) is 74.6 Å². The molecule has 0 amide bonds. The second-order valence-electron chi connectivity index (χ2n) is 8.34. The molecule has 0 radical (unpaired) electrons. The number of hydrogen-bond acceptors (Lipinski definition) is 6. The zero-order valence-corrected chi connectivity index (χ0v) is 19.8. The zero-order valence-electron chi connectivity index (χ0n) is 19.8. The van der Waals surface area contributed by atoms with Crippen LogP contribution in [0.3, 0.4) is 0 Å². The number of anilines is 1. The number of hydrogen-bond donors (Lipinski definition) is 0. The van der Waals surface area contributed by atoms with E-state index < -0.39 is 59.1 Å². The average molecular weight is 543 g/mol. The van der Waals surface area contributed by atoms with Crippen molar-refractivity contribution in [2.75, 3.05) is 11.6 Å². The molecular formula is C26H17F6N6O+. The summed E-state index contributed by atoms with van der Waals surface area (Å²) in [6, 6.07) is 8.05. The first-order valence-electron chi connectivity index (χ1n) is 11.3. The quantitative estimate of drug-likeness (QED) is 0.178. The Morgan fingerprint density at radius 3 is 2.05 bits per heavy atom. The van der Waals surface area contributed by atoms with Gasteiger partial charge in [-0.3, -0.25) is 9.89 Å². The molecule has 39 heavy (non-hydrogen) atoms.